The van der Waals surface area contributed by atoms with Crippen molar-refractivity contribution in [3.63, 3.8) is 0 Å². The quantitative estimate of drug-likeness (QED) is 0.730. The standard InChI is InChI=1S/C20H21FN2O4/c1-13(23-19(25)16-6-4-3-5-7-16)20(26)27-14(2)18(24)22-12-15-8-10-17(21)11-9-15/h3-11,13-14H,12H2,1-2H3,(H,22,24)(H,23,25)/t13-,14-/m0/s1. The third-order valence-corrected chi connectivity index (χ3v) is 3.78. The van der Waals surface area contributed by atoms with Crippen LogP contribution in [0.1, 0.15) is 29.8 Å². The van der Waals surface area contributed by atoms with Crippen LogP contribution in [0.5, 0.6) is 0 Å². The lowest BCUT2D eigenvalue weighted by Crippen LogP contribution is -2.43. The lowest BCUT2D eigenvalue weighted by atomic mass is 10.2. The first-order chi connectivity index (χ1) is 12.9. The molecule has 0 heterocycles. The summed E-state index contributed by atoms with van der Waals surface area (Å²) in [5.74, 6) is -1.98. The summed E-state index contributed by atoms with van der Waals surface area (Å²) < 4.78 is 17.9. The number of halogens is 1. The molecular weight excluding hydrogens is 351 g/mol. The molecule has 2 rings (SSSR count). The molecular formula is C20H21FN2O4. The largest absolute Gasteiger partial charge is 0.451 e. The van der Waals surface area contributed by atoms with Gasteiger partial charge in [0.25, 0.3) is 11.8 Å². The summed E-state index contributed by atoms with van der Waals surface area (Å²) in [6, 6.07) is 13.2. The fraction of sp³-hybridized carbons (Fsp3) is 0.250. The maximum absolute atomic E-state index is 12.9. The molecule has 0 aliphatic rings. The Hall–Kier alpha value is -3.22. The lowest BCUT2D eigenvalue weighted by molar-refractivity contribution is -0.156. The van der Waals surface area contributed by atoms with Crippen LogP contribution in [0.25, 0.3) is 0 Å². The first-order valence-electron chi connectivity index (χ1n) is 8.45. The van der Waals surface area contributed by atoms with Crippen LogP contribution in [0.3, 0.4) is 0 Å². The number of esters is 1. The summed E-state index contributed by atoms with van der Waals surface area (Å²) in [6.07, 6.45) is -1.03. The molecule has 0 spiro atoms. The summed E-state index contributed by atoms with van der Waals surface area (Å²) in [6.45, 7) is 3.09. The molecule has 0 radical (unpaired) electrons. The number of carbonyl (C=O) groups excluding carboxylic acids is 3. The van der Waals surface area contributed by atoms with Crippen molar-refractivity contribution in [2.45, 2.75) is 32.5 Å². The molecule has 2 N–H and O–H groups in total. The van der Waals surface area contributed by atoms with E-state index >= 15 is 0 Å². The maximum Gasteiger partial charge on any atom is 0.329 e. The van der Waals surface area contributed by atoms with Crippen LogP contribution in [-0.4, -0.2) is 29.9 Å². The highest BCUT2D eigenvalue weighted by molar-refractivity contribution is 5.96. The van der Waals surface area contributed by atoms with E-state index in [-0.39, 0.29) is 12.4 Å². The van der Waals surface area contributed by atoms with Gasteiger partial charge in [-0.3, -0.25) is 9.59 Å². The predicted molar refractivity (Wildman–Crippen MR) is 97.2 cm³/mol. The van der Waals surface area contributed by atoms with E-state index in [0.29, 0.717) is 11.1 Å². The maximum atomic E-state index is 12.9. The summed E-state index contributed by atoms with van der Waals surface area (Å²) in [4.78, 5) is 36.2. The van der Waals surface area contributed by atoms with Gasteiger partial charge in [-0.15, -0.1) is 0 Å². The third-order valence-electron chi connectivity index (χ3n) is 3.78. The van der Waals surface area contributed by atoms with Crippen molar-refractivity contribution < 1.29 is 23.5 Å². The van der Waals surface area contributed by atoms with Crippen molar-refractivity contribution in [2.75, 3.05) is 0 Å². The molecule has 0 aromatic heterocycles. The highest BCUT2D eigenvalue weighted by atomic mass is 19.1. The Labute approximate surface area is 156 Å². The van der Waals surface area contributed by atoms with E-state index in [1.165, 1.54) is 26.0 Å². The molecule has 0 bridgehead atoms. The Kier molecular flexibility index (Phi) is 7.05. The van der Waals surface area contributed by atoms with Gasteiger partial charge in [0.05, 0.1) is 0 Å². The van der Waals surface area contributed by atoms with Crippen LogP contribution in [0.2, 0.25) is 0 Å². The second-order valence-electron chi connectivity index (χ2n) is 5.98. The number of benzene rings is 2. The van der Waals surface area contributed by atoms with Crippen LogP contribution in [0.4, 0.5) is 4.39 Å². The highest BCUT2D eigenvalue weighted by Gasteiger charge is 2.23. The van der Waals surface area contributed by atoms with Gasteiger partial charge in [-0.1, -0.05) is 30.3 Å². The number of amides is 2. The lowest BCUT2D eigenvalue weighted by Gasteiger charge is -2.17. The van der Waals surface area contributed by atoms with Crippen LogP contribution < -0.4 is 10.6 Å². The molecule has 7 heteroatoms. The molecule has 0 unspecified atom stereocenters. The molecule has 0 saturated carbocycles. The minimum Gasteiger partial charge on any atom is -0.451 e. The average molecular weight is 372 g/mol. The van der Waals surface area contributed by atoms with Crippen LogP contribution in [0.15, 0.2) is 54.6 Å². The van der Waals surface area contributed by atoms with E-state index in [9.17, 15) is 18.8 Å². The van der Waals surface area contributed by atoms with Crippen LogP contribution >= 0.6 is 0 Å². The molecule has 0 aliphatic carbocycles. The third kappa shape index (κ3) is 6.22. The molecule has 6 nitrogen and oxygen atoms in total. The normalized spacial score (nSPS) is 12.6. The number of ether oxygens (including phenoxy) is 1. The SMILES string of the molecule is C[C@H](NC(=O)c1ccccc1)C(=O)O[C@@H](C)C(=O)NCc1ccc(F)cc1. The first-order valence-corrected chi connectivity index (χ1v) is 8.45. The van der Waals surface area contributed by atoms with Gasteiger partial charge in [0.2, 0.25) is 0 Å². The zero-order valence-corrected chi connectivity index (χ0v) is 15.1. The van der Waals surface area contributed by atoms with E-state index in [1.54, 1.807) is 42.5 Å². The van der Waals surface area contributed by atoms with Crippen molar-refractivity contribution in [3.8, 4) is 0 Å². The zero-order chi connectivity index (χ0) is 19.8. The Balaban J connectivity index is 1.80. The Bertz CT molecular complexity index is 793. The first kappa shape index (κ1) is 20.1. The van der Waals surface area contributed by atoms with Gasteiger partial charge >= 0.3 is 5.97 Å². The van der Waals surface area contributed by atoms with Gasteiger partial charge in [-0.05, 0) is 43.7 Å². The van der Waals surface area contributed by atoms with Crippen molar-refractivity contribution in [3.05, 3.63) is 71.5 Å². The zero-order valence-electron chi connectivity index (χ0n) is 15.1. The van der Waals surface area contributed by atoms with E-state index in [1.807, 2.05) is 0 Å². The second-order valence-corrected chi connectivity index (χ2v) is 5.98. The van der Waals surface area contributed by atoms with Crippen molar-refractivity contribution in [1.29, 1.82) is 0 Å². The molecule has 0 aliphatic heterocycles. The summed E-state index contributed by atoms with van der Waals surface area (Å²) >= 11 is 0. The molecule has 2 amide bonds. The second kappa shape index (κ2) is 9.47. The van der Waals surface area contributed by atoms with E-state index < -0.39 is 29.9 Å². The Morgan fingerprint density at radius 3 is 2.26 bits per heavy atom. The molecule has 27 heavy (non-hydrogen) atoms. The smallest absolute Gasteiger partial charge is 0.329 e. The predicted octanol–water partition coefficient (Wildman–Crippen LogP) is 2.19. The van der Waals surface area contributed by atoms with Crippen molar-refractivity contribution in [1.82, 2.24) is 10.6 Å². The minimum atomic E-state index is -1.03. The van der Waals surface area contributed by atoms with Crippen LogP contribution in [0, 0.1) is 5.82 Å². The topological polar surface area (TPSA) is 84.5 Å². The van der Waals surface area contributed by atoms with Crippen molar-refractivity contribution >= 4 is 17.8 Å². The van der Waals surface area contributed by atoms with Gasteiger partial charge in [-0.25, -0.2) is 9.18 Å². The van der Waals surface area contributed by atoms with E-state index in [2.05, 4.69) is 10.6 Å². The highest BCUT2D eigenvalue weighted by Crippen LogP contribution is 2.04. The summed E-state index contributed by atoms with van der Waals surface area (Å²) in [7, 11) is 0. The Morgan fingerprint density at radius 1 is 1.00 bits per heavy atom. The van der Waals surface area contributed by atoms with Gasteiger partial charge in [0, 0.05) is 12.1 Å². The number of carbonyl (C=O) groups is 3. The fourth-order valence-corrected chi connectivity index (χ4v) is 2.19. The van der Waals surface area contributed by atoms with Crippen molar-refractivity contribution in [2.24, 2.45) is 0 Å². The molecule has 2 aromatic carbocycles. The molecule has 0 fully saturated rings. The summed E-state index contributed by atoms with van der Waals surface area (Å²) in [5, 5.41) is 5.13. The number of nitrogens with one attached hydrogen (secondary N) is 2. The monoisotopic (exact) mass is 372 g/mol. The van der Waals surface area contributed by atoms with Gasteiger partial charge < -0.3 is 15.4 Å². The van der Waals surface area contributed by atoms with Gasteiger partial charge in [0.15, 0.2) is 6.10 Å². The van der Waals surface area contributed by atoms with Crippen LogP contribution in [-0.2, 0) is 20.9 Å². The molecule has 2 atom stereocenters. The minimum absolute atomic E-state index is 0.182. The Morgan fingerprint density at radius 2 is 1.63 bits per heavy atom. The summed E-state index contributed by atoms with van der Waals surface area (Å²) in [5.41, 5.74) is 1.13. The molecule has 142 valence electrons. The van der Waals surface area contributed by atoms with E-state index in [0.717, 1.165) is 0 Å². The molecule has 2 aromatic rings. The number of hydrogen-bond acceptors (Lipinski definition) is 4. The average Bonchev–Trinajstić information content (AvgIpc) is 2.67. The fourth-order valence-electron chi connectivity index (χ4n) is 2.19. The van der Waals surface area contributed by atoms with Gasteiger partial charge in [-0.2, -0.15) is 0 Å². The number of rotatable bonds is 7. The molecule has 0 saturated heterocycles. The number of hydrogen-bond donors (Lipinski definition) is 2. The van der Waals surface area contributed by atoms with E-state index in [4.69, 9.17) is 4.74 Å². The van der Waals surface area contributed by atoms with Gasteiger partial charge in [0.1, 0.15) is 11.9 Å².